The SMILES string of the molecule is O=C(C1CCN(Cc2nc(-c3cccs3)no2)CC1)N1CCN(c2ccccc2)CC1. The van der Waals surface area contributed by atoms with Gasteiger partial charge in [0.05, 0.1) is 11.4 Å². The zero-order valence-electron chi connectivity index (χ0n) is 17.5. The number of hydrogen-bond acceptors (Lipinski definition) is 7. The van der Waals surface area contributed by atoms with Gasteiger partial charge >= 0.3 is 0 Å². The van der Waals surface area contributed by atoms with Gasteiger partial charge in [-0.2, -0.15) is 4.98 Å². The van der Waals surface area contributed by atoms with Gasteiger partial charge in [-0.1, -0.05) is 29.4 Å². The van der Waals surface area contributed by atoms with E-state index in [0.717, 1.165) is 57.0 Å². The lowest BCUT2D eigenvalue weighted by Crippen LogP contribution is -2.51. The monoisotopic (exact) mass is 437 g/mol. The molecule has 0 spiro atoms. The number of amides is 1. The summed E-state index contributed by atoms with van der Waals surface area (Å²) in [6.45, 7) is 5.84. The molecular formula is C23H27N5O2S. The van der Waals surface area contributed by atoms with Crippen molar-refractivity contribution in [2.24, 2.45) is 5.92 Å². The van der Waals surface area contributed by atoms with Crippen molar-refractivity contribution in [3.8, 4) is 10.7 Å². The van der Waals surface area contributed by atoms with E-state index in [0.29, 0.717) is 24.2 Å². The molecule has 0 saturated carbocycles. The van der Waals surface area contributed by atoms with Gasteiger partial charge in [0.25, 0.3) is 0 Å². The van der Waals surface area contributed by atoms with Gasteiger partial charge < -0.3 is 14.3 Å². The second kappa shape index (κ2) is 9.20. The number of benzene rings is 1. The van der Waals surface area contributed by atoms with Gasteiger partial charge in [0.1, 0.15) is 0 Å². The number of hydrogen-bond donors (Lipinski definition) is 0. The molecule has 2 aliphatic heterocycles. The Labute approximate surface area is 186 Å². The minimum atomic E-state index is 0.129. The van der Waals surface area contributed by atoms with E-state index in [4.69, 9.17) is 4.52 Å². The average molecular weight is 438 g/mol. The van der Waals surface area contributed by atoms with Crippen molar-refractivity contribution >= 4 is 22.9 Å². The highest BCUT2D eigenvalue weighted by Gasteiger charge is 2.31. The molecule has 3 aromatic rings. The van der Waals surface area contributed by atoms with Crippen molar-refractivity contribution < 1.29 is 9.32 Å². The molecule has 2 aromatic heterocycles. The molecule has 162 valence electrons. The highest BCUT2D eigenvalue weighted by molar-refractivity contribution is 7.13. The van der Waals surface area contributed by atoms with Crippen molar-refractivity contribution in [2.75, 3.05) is 44.2 Å². The van der Waals surface area contributed by atoms with Crippen LogP contribution in [0.25, 0.3) is 10.7 Å². The Morgan fingerprint density at radius 3 is 2.48 bits per heavy atom. The summed E-state index contributed by atoms with van der Waals surface area (Å²) in [6, 6.07) is 14.4. The Hall–Kier alpha value is -2.71. The highest BCUT2D eigenvalue weighted by Crippen LogP contribution is 2.25. The number of nitrogens with zero attached hydrogens (tertiary/aromatic N) is 5. The number of piperazine rings is 1. The fraction of sp³-hybridized carbons (Fsp3) is 0.435. The van der Waals surface area contributed by atoms with Gasteiger partial charge in [-0.05, 0) is 49.5 Å². The molecule has 0 bridgehead atoms. The van der Waals surface area contributed by atoms with Gasteiger partial charge in [0.15, 0.2) is 0 Å². The predicted octanol–water partition coefficient (Wildman–Crippen LogP) is 3.36. The first kappa shape index (κ1) is 20.2. The number of aromatic nitrogens is 2. The van der Waals surface area contributed by atoms with Crippen LogP contribution < -0.4 is 4.90 Å². The quantitative estimate of drug-likeness (QED) is 0.610. The molecule has 0 aliphatic carbocycles. The lowest BCUT2D eigenvalue weighted by molar-refractivity contribution is -0.137. The Morgan fingerprint density at radius 2 is 1.77 bits per heavy atom. The minimum absolute atomic E-state index is 0.129. The smallest absolute Gasteiger partial charge is 0.241 e. The highest BCUT2D eigenvalue weighted by atomic mass is 32.1. The number of thiophene rings is 1. The van der Waals surface area contributed by atoms with Crippen LogP contribution in [0.3, 0.4) is 0 Å². The van der Waals surface area contributed by atoms with E-state index >= 15 is 0 Å². The van der Waals surface area contributed by atoms with Crippen LogP contribution in [-0.4, -0.2) is 65.1 Å². The molecule has 5 rings (SSSR count). The topological polar surface area (TPSA) is 65.7 Å². The average Bonchev–Trinajstić information content (AvgIpc) is 3.52. The Kier molecular flexibility index (Phi) is 5.99. The lowest BCUT2D eigenvalue weighted by atomic mass is 9.95. The first-order valence-electron chi connectivity index (χ1n) is 10.9. The van der Waals surface area contributed by atoms with Gasteiger partial charge in [0.2, 0.25) is 17.6 Å². The number of carbonyl (C=O) groups is 1. The molecule has 0 unspecified atom stereocenters. The maximum Gasteiger partial charge on any atom is 0.241 e. The summed E-state index contributed by atoms with van der Waals surface area (Å²) in [5.74, 6) is 1.75. The van der Waals surface area contributed by atoms with E-state index in [1.165, 1.54) is 5.69 Å². The summed E-state index contributed by atoms with van der Waals surface area (Å²) < 4.78 is 5.43. The molecule has 2 fully saturated rings. The van der Waals surface area contributed by atoms with Crippen molar-refractivity contribution in [1.82, 2.24) is 19.9 Å². The summed E-state index contributed by atoms with van der Waals surface area (Å²) in [7, 11) is 0. The fourth-order valence-electron chi connectivity index (χ4n) is 4.44. The molecule has 2 aliphatic rings. The summed E-state index contributed by atoms with van der Waals surface area (Å²) in [5.41, 5.74) is 1.24. The van der Waals surface area contributed by atoms with Crippen LogP contribution in [0.2, 0.25) is 0 Å². The van der Waals surface area contributed by atoms with E-state index in [9.17, 15) is 4.79 Å². The molecule has 7 nitrogen and oxygen atoms in total. The third-order valence-electron chi connectivity index (χ3n) is 6.22. The maximum atomic E-state index is 13.0. The van der Waals surface area contributed by atoms with Crippen LogP contribution in [0.1, 0.15) is 18.7 Å². The van der Waals surface area contributed by atoms with Crippen molar-refractivity contribution in [2.45, 2.75) is 19.4 Å². The summed E-state index contributed by atoms with van der Waals surface area (Å²) in [4.78, 5) is 25.3. The number of anilines is 1. The van der Waals surface area contributed by atoms with Crippen molar-refractivity contribution in [3.05, 3.63) is 53.7 Å². The second-order valence-corrected chi connectivity index (χ2v) is 9.14. The van der Waals surface area contributed by atoms with E-state index in [2.05, 4.69) is 49.1 Å². The normalized spacial score (nSPS) is 18.5. The molecular weight excluding hydrogens is 410 g/mol. The number of piperidine rings is 1. The van der Waals surface area contributed by atoms with Gasteiger partial charge in [-0.3, -0.25) is 9.69 Å². The Balaban J connectivity index is 1.09. The Morgan fingerprint density at radius 1 is 1.00 bits per heavy atom. The first-order valence-corrected chi connectivity index (χ1v) is 11.8. The van der Waals surface area contributed by atoms with Gasteiger partial charge in [-0.25, -0.2) is 0 Å². The van der Waals surface area contributed by atoms with Crippen LogP contribution in [0.15, 0.2) is 52.4 Å². The third kappa shape index (κ3) is 4.65. The summed E-state index contributed by atoms with van der Waals surface area (Å²) >= 11 is 1.61. The maximum absolute atomic E-state index is 13.0. The second-order valence-electron chi connectivity index (χ2n) is 8.19. The van der Waals surface area contributed by atoms with Crippen LogP contribution in [0.5, 0.6) is 0 Å². The molecule has 1 aromatic carbocycles. The summed E-state index contributed by atoms with van der Waals surface area (Å²) in [6.07, 6.45) is 1.79. The standard InChI is InChI=1S/C23H27N5O2S/c29-23(28-14-12-27(13-15-28)19-5-2-1-3-6-19)18-8-10-26(11-9-18)17-21-24-22(25-30-21)20-7-4-16-31-20/h1-7,16,18H,8-15,17H2. The van der Waals surface area contributed by atoms with E-state index in [1.54, 1.807) is 11.3 Å². The number of rotatable bonds is 5. The van der Waals surface area contributed by atoms with Crippen molar-refractivity contribution in [3.63, 3.8) is 0 Å². The Bertz CT molecular complexity index is 975. The molecule has 0 radical (unpaired) electrons. The minimum Gasteiger partial charge on any atom is -0.368 e. The van der Waals surface area contributed by atoms with Crippen LogP contribution >= 0.6 is 11.3 Å². The van der Waals surface area contributed by atoms with Gasteiger partial charge in [-0.15, -0.1) is 11.3 Å². The molecule has 0 N–H and O–H groups in total. The van der Waals surface area contributed by atoms with Crippen LogP contribution in [0.4, 0.5) is 5.69 Å². The first-order chi connectivity index (χ1) is 15.3. The van der Waals surface area contributed by atoms with Gasteiger partial charge in [0, 0.05) is 37.8 Å². The molecule has 4 heterocycles. The fourth-order valence-corrected chi connectivity index (χ4v) is 5.09. The third-order valence-corrected chi connectivity index (χ3v) is 7.08. The zero-order valence-corrected chi connectivity index (χ0v) is 18.3. The van der Waals surface area contributed by atoms with E-state index in [1.807, 2.05) is 23.6 Å². The van der Waals surface area contributed by atoms with Crippen LogP contribution in [0, 0.1) is 5.92 Å². The largest absolute Gasteiger partial charge is 0.368 e. The number of likely N-dealkylation sites (tertiary alicyclic amines) is 1. The number of para-hydroxylation sites is 1. The zero-order chi connectivity index (χ0) is 21.0. The molecule has 0 atom stereocenters. The van der Waals surface area contributed by atoms with Crippen LogP contribution in [-0.2, 0) is 11.3 Å². The van der Waals surface area contributed by atoms with Crippen molar-refractivity contribution in [1.29, 1.82) is 0 Å². The van der Waals surface area contributed by atoms with E-state index in [-0.39, 0.29) is 5.92 Å². The lowest BCUT2D eigenvalue weighted by Gasteiger charge is -2.39. The molecule has 1 amide bonds. The molecule has 8 heteroatoms. The molecule has 2 saturated heterocycles. The van der Waals surface area contributed by atoms with E-state index < -0.39 is 0 Å². The molecule has 31 heavy (non-hydrogen) atoms. The number of carbonyl (C=O) groups excluding carboxylic acids is 1. The predicted molar refractivity (Wildman–Crippen MR) is 121 cm³/mol. The summed E-state index contributed by atoms with van der Waals surface area (Å²) in [5, 5.41) is 6.10.